The van der Waals surface area contributed by atoms with Gasteiger partial charge in [-0.1, -0.05) is 0 Å². The largest absolute Gasteiger partial charge is 3.00 e. The number of aliphatic hydroxyl groups excluding tert-OH is 1. The molecule has 0 aliphatic carbocycles. The summed E-state index contributed by atoms with van der Waals surface area (Å²) in [7, 11) is -3.78. The van der Waals surface area contributed by atoms with Gasteiger partial charge in [0.25, 0.3) is 0 Å². The van der Waals surface area contributed by atoms with Crippen LogP contribution in [0.4, 0.5) is 0 Å². The number of aliphatic hydroxyl groups is 1. The molecule has 0 bridgehead atoms. The molecule has 16 heteroatoms. The Hall–Kier alpha value is -0.555. The third kappa shape index (κ3) is 15.4. The van der Waals surface area contributed by atoms with E-state index in [1.54, 1.807) is 9.80 Å². The molecule has 1 saturated heterocycles. The Morgan fingerprint density at radius 3 is 1.68 bits per heavy atom. The van der Waals surface area contributed by atoms with E-state index in [0.717, 1.165) is 6.26 Å². The fraction of sp³-hybridized carbons (Fsp3) is 0.833. The first kappa shape index (κ1) is 33.4. The number of rotatable bonds is 10. The van der Waals surface area contributed by atoms with Crippen LogP contribution in [-0.4, -0.2) is 142 Å². The first-order chi connectivity index (χ1) is 15.2. The van der Waals surface area contributed by atoms with Gasteiger partial charge in [0.1, 0.15) is 0 Å². The van der Waals surface area contributed by atoms with Crippen molar-refractivity contribution in [3.8, 4) is 0 Å². The Balaban J connectivity index is 0.0000109. The number of carboxylic acid groups (broad SMARTS) is 3. The van der Waals surface area contributed by atoms with Gasteiger partial charge in [-0.25, -0.2) is 8.42 Å². The monoisotopic (exact) mass is 652 g/mol. The molecule has 14 nitrogen and oxygen atoms in total. The number of sulfonamides is 1. The minimum Gasteiger partial charge on any atom is -0.549 e. The normalized spacial score (nSPS) is 21.6. The van der Waals surface area contributed by atoms with Gasteiger partial charge in [0, 0.05) is 72.0 Å². The number of carbonyl (C=O) groups is 3. The quantitative estimate of drug-likeness (QED) is 0.226. The molecule has 1 aliphatic heterocycles. The Labute approximate surface area is 231 Å². The van der Waals surface area contributed by atoms with E-state index >= 15 is 0 Å². The van der Waals surface area contributed by atoms with Crippen LogP contribution < -0.4 is 20.0 Å². The van der Waals surface area contributed by atoms with Gasteiger partial charge in [0.15, 0.2) is 0 Å². The van der Waals surface area contributed by atoms with Crippen molar-refractivity contribution in [2.75, 3.05) is 78.2 Å². The molecule has 1 aliphatic rings. The Kier molecular flexibility index (Phi) is 16.0. The number of nitrogens with zero attached hydrogens (tertiary/aromatic N) is 4. The van der Waals surface area contributed by atoms with Gasteiger partial charge in [0.05, 0.1) is 36.4 Å². The summed E-state index contributed by atoms with van der Waals surface area (Å²) < 4.78 is 26.3. The standard InChI is InChI=1S/C18H35N5O9S.Gd/c1-14(24)9-22-6-5-20(11-16(25)26)3-4-21(12-17(27)28)7-8-23(13-18(29)30)15(10-22)19-33(2,31)32;/h14-15,19,24H,3-13H2,1-2H3,(H,25,26)(H,27,28)(H,29,30);/q;+3/p-3. The molecule has 0 aromatic carbocycles. The van der Waals surface area contributed by atoms with Crippen molar-refractivity contribution in [1.82, 2.24) is 24.3 Å². The molecular formula is C18H32GdN5O9S. The molecule has 1 radical (unpaired) electrons. The average Bonchev–Trinajstić information content (AvgIpc) is 2.62. The second-order valence-electron chi connectivity index (χ2n) is 8.15. The van der Waals surface area contributed by atoms with Crippen LogP contribution in [0.3, 0.4) is 0 Å². The fourth-order valence-corrected chi connectivity index (χ4v) is 4.32. The zero-order valence-electron chi connectivity index (χ0n) is 19.2. The smallest absolute Gasteiger partial charge is 0.549 e. The second-order valence-corrected chi connectivity index (χ2v) is 9.93. The first-order valence-electron chi connectivity index (χ1n) is 10.4. The summed E-state index contributed by atoms with van der Waals surface area (Å²) in [5, 5.41) is 43.5. The van der Waals surface area contributed by atoms with Crippen LogP contribution in [0, 0.1) is 39.9 Å². The molecule has 34 heavy (non-hydrogen) atoms. The van der Waals surface area contributed by atoms with E-state index in [1.165, 1.54) is 16.7 Å². The van der Waals surface area contributed by atoms with Crippen LogP contribution in [0.2, 0.25) is 0 Å². The number of aliphatic carboxylic acids is 3. The van der Waals surface area contributed by atoms with E-state index in [-0.39, 0.29) is 92.3 Å². The summed E-state index contributed by atoms with van der Waals surface area (Å²) in [5.74, 6) is -4.13. The van der Waals surface area contributed by atoms with Crippen LogP contribution in [-0.2, 0) is 24.4 Å². The molecule has 2 N–H and O–H groups in total. The minimum atomic E-state index is -3.78. The molecule has 1 fully saturated rings. The predicted octanol–water partition coefficient (Wildman–Crippen LogP) is -7.29. The van der Waals surface area contributed by atoms with Gasteiger partial charge in [-0.05, 0) is 6.92 Å². The summed E-state index contributed by atoms with van der Waals surface area (Å²) in [6.45, 7) is 0.900. The van der Waals surface area contributed by atoms with Crippen LogP contribution >= 0.6 is 0 Å². The van der Waals surface area contributed by atoms with Gasteiger partial charge in [-0.15, -0.1) is 0 Å². The fourth-order valence-electron chi connectivity index (χ4n) is 3.60. The van der Waals surface area contributed by atoms with Crippen LogP contribution in [0.1, 0.15) is 6.92 Å². The Morgan fingerprint density at radius 2 is 1.29 bits per heavy atom. The summed E-state index contributed by atoms with van der Waals surface area (Å²) in [4.78, 5) is 39.6. The number of nitrogens with one attached hydrogen (secondary N) is 1. The Morgan fingerprint density at radius 1 is 0.882 bits per heavy atom. The van der Waals surface area contributed by atoms with E-state index in [2.05, 4.69) is 4.72 Å². The van der Waals surface area contributed by atoms with E-state index in [4.69, 9.17) is 0 Å². The van der Waals surface area contributed by atoms with E-state index < -0.39 is 59.8 Å². The minimum absolute atomic E-state index is 0. The maximum atomic E-state index is 12.0. The molecule has 1 rings (SSSR count). The predicted molar refractivity (Wildman–Crippen MR) is 109 cm³/mol. The average molecular weight is 652 g/mol. The molecule has 197 valence electrons. The van der Waals surface area contributed by atoms with Crippen molar-refractivity contribution >= 4 is 27.9 Å². The molecule has 0 spiro atoms. The van der Waals surface area contributed by atoms with Gasteiger partial charge < -0.3 is 34.8 Å². The van der Waals surface area contributed by atoms with Crippen molar-refractivity contribution in [3.63, 3.8) is 0 Å². The molecule has 0 saturated carbocycles. The number of carbonyl (C=O) groups excluding carboxylic acids is 3. The SMILES string of the molecule is CC(O)CN1CCN(CC(=O)[O-])CCN(CC(=O)[O-])CCN(CC(=O)[O-])C(NS(C)(=O)=O)C1.[Gd+3]. The summed E-state index contributed by atoms with van der Waals surface area (Å²) in [5.41, 5.74) is 0. The molecule has 0 aromatic heterocycles. The number of hydrogen-bond acceptors (Lipinski definition) is 13. The van der Waals surface area contributed by atoms with Crippen molar-refractivity contribution in [3.05, 3.63) is 0 Å². The van der Waals surface area contributed by atoms with Crippen LogP contribution in [0.15, 0.2) is 0 Å². The van der Waals surface area contributed by atoms with Gasteiger partial charge in [0.2, 0.25) is 10.0 Å². The maximum Gasteiger partial charge on any atom is 3.00 e. The summed E-state index contributed by atoms with van der Waals surface area (Å²) in [6.07, 6.45) is -0.904. The van der Waals surface area contributed by atoms with Gasteiger partial charge >= 0.3 is 39.9 Å². The first-order valence-corrected chi connectivity index (χ1v) is 12.3. The Bertz CT molecular complexity index is 771. The van der Waals surface area contributed by atoms with Crippen LogP contribution in [0.5, 0.6) is 0 Å². The summed E-state index contributed by atoms with van der Waals surface area (Å²) in [6, 6.07) is 0. The van der Waals surface area contributed by atoms with E-state index in [1.807, 2.05) is 0 Å². The second kappa shape index (κ2) is 16.2. The third-order valence-corrected chi connectivity index (χ3v) is 5.65. The van der Waals surface area contributed by atoms with Crippen molar-refractivity contribution in [2.24, 2.45) is 0 Å². The van der Waals surface area contributed by atoms with E-state index in [0.29, 0.717) is 0 Å². The number of β-amino-alcohol motifs (C(OH)–C–C–N with tert-alkyl or cyclic N) is 1. The van der Waals surface area contributed by atoms with Crippen LogP contribution in [0.25, 0.3) is 0 Å². The molecule has 0 aromatic rings. The molecule has 2 unspecified atom stereocenters. The van der Waals surface area contributed by atoms with E-state index in [9.17, 15) is 43.2 Å². The van der Waals surface area contributed by atoms with Crippen molar-refractivity contribution in [2.45, 2.75) is 19.2 Å². The van der Waals surface area contributed by atoms with Crippen molar-refractivity contribution < 1.29 is 83.2 Å². The van der Waals surface area contributed by atoms with Gasteiger partial charge in [-0.2, -0.15) is 4.72 Å². The molecular weight excluding hydrogens is 620 g/mol. The third-order valence-electron chi connectivity index (χ3n) is 4.95. The topological polar surface area (TPSA) is 200 Å². The zero-order chi connectivity index (χ0) is 25.2. The maximum absolute atomic E-state index is 12.0. The zero-order valence-corrected chi connectivity index (χ0v) is 22.3. The molecule has 2 atom stereocenters. The van der Waals surface area contributed by atoms with Crippen molar-refractivity contribution in [1.29, 1.82) is 0 Å². The number of hydrogen-bond donors (Lipinski definition) is 2. The van der Waals surface area contributed by atoms with Gasteiger partial charge in [-0.3, -0.25) is 19.6 Å². The molecule has 0 amide bonds. The number of carboxylic acids is 3. The summed E-state index contributed by atoms with van der Waals surface area (Å²) >= 11 is 0. The molecule has 1 heterocycles.